The van der Waals surface area contributed by atoms with Gasteiger partial charge in [-0.05, 0) is 42.1 Å². The SMILES string of the molecule is CC(C)C[C@H](C(=O)O)N1C(=O)[C@@H]2[C@@H]3C[C@H]([C@H]4Sc5[nH]c(=O)sc5[C@@H](c5ccccc5)[C@H]34)[C@@H]2C1=O. The second-order valence-electron chi connectivity index (χ2n) is 10.4. The first-order valence-electron chi connectivity index (χ1n) is 11.8. The Bertz CT molecular complexity index is 1240. The number of likely N-dealkylation sites (tertiary alicyclic amines) is 1. The second-order valence-corrected chi connectivity index (χ2v) is 12.6. The van der Waals surface area contributed by atoms with Gasteiger partial charge in [-0.1, -0.05) is 55.5 Å². The largest absolute Gasteiger partial charge is 0.480 e. The molecule has 7 nitrogen and oxygen atoms in total. The molecule has 9 heteroatoms. The van der Waals surface area contributed by atoms with Crippen LogP contribution in [0.25, 0.3) is 0 Å². The van der Waals surface area contributed by atoms with Crippen molar-refractivity contribution in [3.63, 3.8) is 0 Å². The highest BCUT2D eigenvalue weighted by Gasteiger charge is 2.70. The fraction of sp³-hybridized carbons (Fsp3) is 0.520. The molecule has 2 N–H and O–H groups in total. The Hall–Kier alpha value is -2.39. The molecule has 2 bridgehead atoms. The third-order valence-corrected chi connectivity index (χ3v) is 10.8. The number of benzene rings is 1. The number of aromatic amines is 1. The maximum atomic E-state index is 13.7. The third kappa shape index (κ3) is 3.02. The van der Waals surface area contributed by atoms with E-state index < -0.39 is 23.8 Å². The number of hydrogen-bond donors (Lipinski definition) is 2. The topological polar surface area (TPSA) is 108 Å². The minimum Gasteiger partial charge on any atom is -0.480 e. The molecule has 2 aromatic rings. The first kappa shape index (κ1) is 22.1. The quantitative estimate of drug-likeness (QED) is 0.612. The predicted octanol–water partition coefficient (Wildman–Crippen LogP) is 3.41. The molecule has 3 heterocycles. The molecule has 3 fully saturated rings. The van der Waals surface area contributed by atoms with Gasteiger partial charge in [0.1, 0.15) is 6.04 Å². The maximum Gasteiger partial charge on any atom is 0.326 e. The van der Waals surface area contributed by atoms with Gasteiger partial charge >= 0.3 is 10.8 Å². The summed E-state index contributed by atoms with van der Waals surface area (Å²) in [5.74, 6) is -2.48. The lowest BCUT2D eigenvalue weighted by Gasteiger charge is -2.43. The van der Waals surface area contributed by atoms with Crippen molar-refractivity contribution in [2.24, 2.45) is 35.5 Å². The summed E-state index contributed by atoms with van der Waals surface area (Å²) in [6.45, 7) is 3.81. The maximum absolute atomic E-state index is 13.7. The fourth-order valence-corrected chi connectivity index (χ4v) is 10.0. The van der Waals surface area contributed by atoms with E-state index in [0.29, 0.717) is 0 Å². The molecule has 2 saturated carbocycles. The number of aromatic nitrogens is 1. The van der Waals surface area contributed by atoms with Crippen molar-refractivity contribution in [1.82, 2.24) is 9.88 Å². The molecule has 34 heavy (non-hydrogen) atoms. The minimum absolute atomic E-state index is 0.00185. The zero-order valence-electron chi connectivity index (χ0n) is 18.8. The van der Waals surface area contributed by atoms with Crippen molar-refractivity contribution < 1.29 is 19.5 Å². The van der Waals surface area contributed by atoms with Gasteiger partial charge in [0.05, 0.1) is 16.9 Å². The van der Waals surface area contributed by atoms with Crippen molar-refractivity contribution in [2.75, 3.05) is 0 Å². The molecule has 2 amide bonds. The van der Waals surface area contributed by atoms with Gasteiger partial charge in [-0.2, -0.15) is 0 Å². The van der Waals surface area contributed by atoms with E-state index in [0.717, 1.165) is 26.8 Å². The average Bonchev–Trinajstić information content (AvgIpc) is 3.51. The van der Waals surface area contributed by atoms with E-state index in [2.05, 4.69) is 17.1 Å². The summed E-state index contributed by atoms with van der Waals surface area (Å²) >= 11 is 2.89. The van der Waals surface area contributed by atoms with Crippen molar-refractivity contribution in [3.8, 4) is 0 Å². The monoisotopic (exact) mass is 498 g/mol. The molecule has 2 aliphatic heterocycles. The molecular weight excluding hydrogens is 472 g/mol. The van der Waals surface area contributed by atoms with E-state index in [4.69, 9.17) is 0 Å². The number of hydrogen-bond acceptors (Lipinski definition) is 6. The molecule has 4 aliphatic rings. The summed E-state index contributed by atoms with van der Waals surface area (Å²) in [5, 5.41) is 10.9. The Morgan fingerprint density at radius 2 is 1.79 bits per heavy atom. The number of nitrogens with one attached hydrogen (secondary N) is 1. The lowest BCUT2D eigenvalue weighted by atomic mass is 9.68. The molecule has 178 valence electrons. The lowest BCUT2D eigenvalue weighted by molar-refractivity contribution is -0.156. The second kappa shape index (κ2) is 7.81. The van der Waals surface area contributed by atoms with Gasteiger partial charge in [-0.15, -0.1) is 11.8 Å². The average molecular weight is 499 g/mol. The van der Waals surface area contributed by atoms with Gasteiger partial charge in [0.2, 0.25) is 11.8 Å². The van der Waals surface area contributed by atoms with Crippen LogP contribution in [0.3, 0.4) is 0 Å². The van der Waals surface area contributed by atoms with E-state index in [1.807, 2.05) is 32.0 Å². The van der Waals surface area contributed by atoms with E-state index in [9.17, 15) is 24.3 Å². The molecule has 0 spiro atoms. The van der Waals surface area contributed by atoms with Crippen LogP contribution in [0, 0.1) is 35.5 Å². The van der Waals surface area contributed by atoms with Crippen LogP contribution in [0.15, 0.2) is 40.2 Å². The number of thioether (sulfide) groups is 1. The van der Waals surface area contributed by atoms with Crippen molar-refractivity contribution >= 4 is 40.9 Å². The standard InChI is InChI=1S/C25H26N2O5S2/c1-10(2)8-14(24(30)31)27-22(28)17-12-9-13(18(17)23(27)29)19-16(12)15(11-6-4-3-5-7-11)20-21(33-19)26-25(32)34-20/h3-7,10,12-19H,8-9H2,1-2H3,(H,26,32)(H,30,31)/t12-,13+,14-,15+,16+,17-,18+,19-/m1/s1. The zero-order valence-corrected chi connectivity index (χ0v) is 20.5. The summed E-state index contributed by atoms with van der Waals surface area (Å²) in [7, 11) is 0. The van der Waals surface area contributed by atoms with E-state index >= 15 is 0 Å². The van der Waals surface area contributed by atoms with Crippen LogP contribution in [0.5, 0.6) is 0 Å². The van der Waals surface area contributed by atoms with Gasteiger partial charge in [0.15, 0.2) is 0 Å². The van der Waals surface area contributed by atoms with Crippen LogP contribution in [0.4, 0.5) is 0 Å². The highest BCUT2D eigenvalue weighted by molar-refractivity contribution is 8.00. The van der Waals surface area contributed by atoms with Gasteiger partial charge in [-0.3, -0.25) is 19.3 Å². The Morgan fingerprint density at radius 1 is 1.12 bits per heavy atom. The number of carbonyl (C=O) groups excluding carboxylic acids is 2. The van der Waals surface area contributed by atoms with E-state index in [1.54, 1.807) is 11.8 Å². The van der Waals surface area contributed by atoms with E-state index in [1.165, 1.54) is 11.3 Å². The number of aliphatic carboxylic acids is 1. The van der Waals surface area contributed by atoms with Crippen molar-refractivity contribution in [3.05, 3.63) is 50.4 Å². The number of thiazole rings is 1. The van der Waals surface area contributed by atoms with Crippen LogP contribution in [-0.2, 0) is 14.4 Å². The Balaban J connectivity index is 1.42. The number of carboxylic acids is 1. The van der Waals surface area contributed by atoms with Crippen LogP contribution < -0.4 is 4.87 Å². The number of amides is 2. The van der Waals surface area contributed by atoms with Crippen LogP contribution in [0.2, 0.25) is 0 Å². The van der Waals surface area contributed by atoms with Gasteiger partial charge in [-0.25, -0.2) is 4.79 Å². The first-order chi connectivity index (χ1) is 16.3. The molecule has 8 atom stereocenters. The Morgan fingerprint density at radius 3 is 2.44 bits per heavy atom. The molecule has 1 aromatic carbocycles. The van der Waals surface area contributed by atoms with Crippen LogP contribution >= 0.6 is 23.1 Å². The zero-order chi connectivity index (χ0) is 23.9. The highest BCUT2D eigenvalue weighted by Crippen LogP contribution is 2.68. The van der Waals surface area contributed by atoms with Crippen LogP contribution in [-0.4, -0.2) is 44.1 Å². The highest BCUT2D eigenvalue weighted by atomic mass is 32.2. The third-order valence-electron chi connectivity index (χ3n) is 8.21. The Labute approximate surface area is 204 Å². The van der Waals surface area contributed by atoms with Gasteiger partial charge < -0.3 is 10.1 Å². The van der Waals surface area contributed by atoms with Gasteiger partial charge in [0.25, 0.3) is 0 Å². The molecule has 1 aromatic heterocycles. The molecule has 2 aliphatic carbocycles. The summed E-state index contributed by atoms with van der Waals surface area (Å²) in [6.07, 6.45) is 1.06. The van der Waals surface area contributed by atoms with Gasteiger partial charge in [0, 0.05) is 16.0 Å². The normalized spacial score (nSPS) is 34.3. The first-order valence-corrected chi connectivity index (χ1v) is 13.5. The Kier molecular flexibility index (Phi) is 5.08. The molecule has 0 radical (unpaired) electrons. The number of carbonyl (C=O) groups is 3. The summed E-state index contributed by atoms with van der Waals surface area (Å²) in [6, 6.07) is 8.99. The predicted molar refractivity (Wildman–Crippen MR) is 128 cm³/mol. The number of imide groups is 1. The lowest BCUT2D eigenvalue weighted by Crippen LogP contribution is -2.47. The number of rotatable bonds is 5. The van der Waals surface area contributed by atoms with Crippen molar-refractivity contribution in [2.45, 2.75) is 48.9 Å². The van der Waals surface area contributed by atoms with E-state index in [-0.39, 0.29) is 57.9 Å². The summed E-state index contributed by atoms with van der Waals surface area (Å²) in [4.78, 5) is 56.6. The summed E-state index contributed by atoms with van der Waals surface area (Å²) in [5.41, 5.74) is 1.12. The minimum atomic E-state index is -1.11. The number of carboxylic acid groups (broad SMARTS) is 1. The summed E-state index contributed by atoms with van der Waals surface area (Å²) < 4.78 is 0. The smallest absolute Gasteiger partial charge is 0.326 e. The van der Waals surface area contributed by atoms with Crippen LogP contribution in [0.1, 0.15) is 43.0 Å². The number of nitrogens with zero attached hydrogens (tertiary/aromatic N) is 1. The molecular formula is C25H26N2O5S2. The molecule has 1 saturated heterocycles. The molecule has 0 unspecified atom stereocenters. The fourth-order valence-electron chi connectivity index (χ4n) is 7.14. The molecule has 6 rings (SSSR count). The number of H-pyrrole nitrogens is 1. The number of fused-ring (bicyclic) bond motifs is 9. The van der Waals surface area contributed by atoms with Crippen molar-refractivity contribution in [1.29, 1.82) is 0 Å².